The third-order valence-electron chi connectivity index (χ3n) is 5.22. The lowest BCUT2D eigenvalue weighted by atomic mass is 9.87. The van der Waals surface area contributed by atoms with Crippen LogP contribution >= 0.6 is 0 Å². The van der Waals surface area contributed by atoms with Crippen LogP contribution in [0.1, 0.15) is 36.9 Å². The zero-order valence-electron chi connectivity index (χ0n) is 16.1. The fourth-order valence-corrected chi connectivity index (χ4v) is 3.77. The van der Waals surface area contributed by atoms with Crippen molar-refractivity contribution in [3.8, 4) is 0 Å². The molecule has 1 aliphatic rings. The van der Waals surface area contributed by atoms with E-state index < -0.39 is 17.8 Å². The molecule has 7 nitrogen and oxygen atoms in total. The average Bonchev–Trinajstić information content (AvgIpc) is 3.03. The van der Waals surface area contributed by atoms with Gasteiger partial charge < -0.3 is 14.5 Å². The van der Waals surface area contributed by atoms with Crippen LogP contribution in [0.3, 0.4) is 0 Å². The lowest BCUT2D eigenvalue weighted by molar-refractivity contribution is -0.155. The lowest BCUT2D eigenvalue weighted by Crippen LogP contribution is -2.39. The highest BCUT2D eigenvalue weighted by molar-refractivity contribution is 5.84. The molecule has 0 unspecified atom stereocenters. The van der Waals surface area contributed by atoms with Gasteiger partial charge in [0.05, 0.1) is 11.6 Å². The summed E-state index contributed by atoms with van der Waals surface area (Å²) in [5.74, 6) is -1.67. The number of amides is 1. The van der Waals surface area contributed by atoms with Crippen LogP contribution in [0, 0.1) is 0 Å². The van der Waals surface area contributed by atoms with Crippen molar-refractivity contribution in [2.75, 3.05) is 0 Å². The topological polar surface area (TPSA) is 90.5 Å². The Morgan fingerprint density at radius 1 is 1.21 bits per heavy atom. The van der Waals surface area contributed by atoms with Gasteiger partial charge in [-0.15, -0.1) is 0 Å². The third kappa shape index (κ3) is 3.94. The number of carbonyl (C=O) groups is 2. The largest absolute Gasteiger partial charge is 0.451 e. The molecule has 2 aromatic carbocycles. The molecule has 2 atom stereocenters. The number of rotatable bonds is 5. The maximum Gasteiger partial charge on any atom is 0.420 e. The molecule has 1 heterocycles. The summed E-state index contributed by atoms with van der Waals surface area (Å²) in [6, 6.07) is 14.8. The van der Waals surface area contributed by atoms with E-state index in [0.717, 1.165) is 24.8 Å². The normalized spacial score (nSPS) is 16.8. The number of nitrogens with one attached hydrogen (secondary N) is 1. The van der Waals surface area contributed by atoms with E-state index in [1.165, 1.54) is 17.1 Å². The summed E-state index contributed by atoms with van der Waals surface area (Å²) in [4.78, 5) is 36.9. The van der Waals surface area contributed by atoms with Gasteiger partial charge in [0.2, 0.25) is 0 Å². The van der Waals surface area contributed by atoms with E-state index >= 15 is 0 Å². The number of carbonyl (C=O) groups excluding carboxylic acids is 2. The van der Waals surface area contributed by atoms with Gasteiger partial charge >= 0.3 is 11.7 Å². The summed E-state index contributed by atoms with van der Waals surface area (Å²) < 4.78 is 11.6. The number of oxazole rings is 1. The molecule has 7 heteroatoms. The molecule has 0 saturated carbocycles. The van der Waals surface area contributed by atoms with E-state index in [-0.39, 0.29) is 18.5 Å². The minimum atomic E-state index is -0.967. The number of benzene rings is 2. The van der Waals surface area contributed by atoms with Gasteiger partial charge in [0.25, 0.3) is 5.91 Å². The third-order valence-corrected chi connectivity index (χ3v) is 5.22. The van der Waals surface area contributed by atoms with E-state index in [1.54, 1.807) is 24.3 Å². The van der Waals surface area contributed by atoms with Crippen LogP contribution in [0.25, 0.3) is 11.1 Å². The molecule has 3 aromatic rings. The Labute approximate surface area is 167 Å². The molecule has 1 amide bonds. The van der Waals surface area contributed by atoms with Crippen LogP contribution in [0.4, 0.5) is 0 Å². The van der Waals surface area contributed by atoms with E-state index in [0.29, 0.717) is 11.1 Å². The molecule has 4 rings (SSSR count). The van der Waals surface area contributed by atoms with Crippen molar-refractivity contribution < 1.29 is 18.7 Å². The summed E-state index contributed by atoms with van der Waals surface area (Å²) in [6.07, 6.45) is 1.87. The van der Waals surface area contributed by atoms with Crippen LogP contribution in [-0.2, 0) is 27.3 Å². The smallest absolute Gasteiger partial charge is 0.420 e. The molecular weight excluding hydrogens is 372 g/mol. The molecule has 0 spiro atoms. The van der Waals surface area contributed by atoms with Crippen LogP contribution in [0.15, 0.2) is 57.7 Å². The second-order valence-corrected chi connectivity index (χ2v) is 7.21. The summed E-state index contributed by atoms with van der Waals surface area (Å²) >= 11 is 0. The molecule has 1 aromatic heterocycles. The van der Waals surface area contributed by atoms with Crippen LogP contribution < -0.4 is 11.1 Å². The van der Waals surface area contributed by atoms with E-state index in [2.05, 4.69) is 11.4 Å². The maximum absolute atomic E-state index is 12.6. The van der Waals surface area contributed by atoms with Gasteiger partial charge in [-0.25, -0.2) is 4.79 Å². The number of esters is 1. The van der Waals surface area contributed by atoms with Crippen molar-refractivity contribution in [2.45, 2.75) is 44.9 Å². The highest BCUT2D eigenvalue weighted by Crippen LogP contribution is 2.29. The number of nitrogens with zero attached hydrogens (tertiary/aromatic N) is 1. The Bertz CT molecular complexity index is 1110. The summed E-state index contributed by atoms with van der Waals surface area (Å²) in [7, 11) is 0. The molecule has 0 fully saturated rings. The molecule has 29 heavy (non-hydrogen) atoms. The number of hydrogen-bond acceptors (Lipinski definition) is 5. The van der Waals surface area contributed by atoms with Crippen molar-refractivity contribution in [3.63, 3.8) is 0 Å². The van der Waals surface area contributed by atoms with Crippen molar-refractivity contribution in [1.82, 2.24) is 9.88 Å². The minimum Gasteiger partial charge on any atom is -0.451 e. The first-order valence-corrected chi connectivity index (χ1v) is 9.69. The number of ether oxygens (including phenoxy) is 1. The van der Waals surface area contributed by atoms with Crippen molar-refractivity contribution >= 4 is 23.0 Å². The monoisotopic (exact) mass is 394 g/mol. The summed E-state index contributed by atoms with van der Waals surface area (Å²) in [6.45, 7) is 1.21. The van der Waals surface area contributed by atoms with Gasteiger partial charge in [-0.3, -0.25) is 14.2 Å². The molecule has 0 bridgehead atoms. The van der Waals surface area contributed by atoms with E-state index in [9.17, 15) is 14.4 Å². The van der Waals surface area contributed by atoms with Crippen LogP contribution in [-0.4, -0.2) is 22.5 Å². The van der Waals surface area contributed by atoms with E-state index in [1.807, 2.05) is 18.2 Å². The standard InChI is InChI=1S/C22H22N2O5/c1-14(21(26)23-17-10-6-8-15-7-2-3-9-16(15)17)28-20(25)13-24-18-11-4-5-12-19(18)29-22(24)27/h2-5,7,9,11-12,14,17H,6,8,10,13H2,1H3,(H,23,26)/t14-,17+/m1/s1. The molecule has 0 saturated heterocycles. The maximum atomic E-state index is 12.6. The fourth-order valence-electron chi connectivity index (χ4n) is 3.77. The van der Waals surface area contributed by atoms with Crippen molar-refractivity contribution in [3.05, 3.63) is 70.2 Å². The first-order chi connectivity index (χ1) is 14.0. The second-order valence-electron chi connectivity index (χ2n) is 7.21. The Hall–Kier alpha value is -3.35. The first kappa shape index (κ1) is 19.0. The Morgan fingerprint density at radius 2 is 1.97 bits per heavy atom. The van der Waals surface area contributed by atoms with Gasteiger partial charge in [-0.05, 0) is 49.4 Å². The molecule has 150 valence electrons. The lowest BCUT2D eigenvalue weighted by Gasteiger charge is -2.27. The van der Waals surface area contributed by atoms with E-state index in [4.69, 9.17) is 9.15 Å². The van der Waals surface area contributed by atoms with Crippen molar-refractivity contribution in [1.29, 1.82) is 0 Å². The number of hydrogen-bond donors (Lipinski definition) is 1. The Balaban J connectivity index is 1.39. The molecule has 0 aliphatic heterocycles. The van der Waals surface area contributed by atoms with Gasteiger partial charge in [-0.2, -0.15) is 0 Å². The number of fused-ring (bicyclic) bond motifs is 2. The van der Waals surface area contributed by atoms with Crippen LogP contribution in [0.2, 0.25) is 0 Å². The highest BCUT2D eigenvalue weighted by Gasteiger charge is 2.25. The Morgan fingerprint density at radius 3 is 2.83 bits per heavy atom. The van der Waals surface area contributed by atoms with Gasteiger partial charge in [0.15, 0.2) is 11.7 Å². The highest BCUT2D eigenvalue weighted by atomic mass is 16.5. The molecule has 1 aliphatic carbocycles. The Kier molecular flexibility index (Phi) is 5.20. The second kappa shape index (κ2) is 7.95. The van der Waals surface area contributed by atoms with Gasteiger partial charge in [0, 0.05) is 0 Å². The molecule has 1 N–H and O–H groups in total. The molecule has 0 radical (unpaired) electrons. The quantitative estimate of drug-likeness (QED) is 0.672. The predicted molar refractivity (Wildman–Crippen MR) is 106 cm³/mol. The number of aryl methyl sites for hydroxylation is 1. The zero-order valence-corrected chi connectivity index (χ0v) is 16.1. The average molecular weight is 394 g/mol. The van der Waals surface area contributed by atoms with Crippen LogP contribution in [0.5, 0.6) is 0 Å². The van der Waals surface area contributed by atoms with Crippen molar-refractivity contribution in [2.24, 2.45) is 0 Å². The summed E-state index contributed by atoms with van der Waals surface area (Å²) in [5, 5.41) is 2.98. The molecular formula is C22H22N2O5. The SMILES string of the molecule is C[C@@H](OC(=O)Cn1c(=O)oc2ccccc21)C(=O)N[C@H]1CCCc2ccccc21. The fraction of sp³-hybridized carbons (Fsp3) is 0.318. The first-order valence-electron chi connectivity index (χ1n) is 9.69. The minimum absolute atomic E-state index is 0.0889. The van der Waals surface area contributed by atoms with Gasteiger partial charge in [-0.1, -0.05) is 36.4 Å². The zero-order chi connectivity index (χ0) is 20.4. The number of para-hydroxylation sites is 2. The van der Waals surface area contributed by atoms with Gasteiger partial charge in [0.1, 0.15) is 6.54 Å². The predicted octanol–water partition coefficient (Wildman–Crippen LogP) is 2.72. The number of aromatic nitrogens is 1. The summed E-state index contributed by atoms with van der Waals surface area (Å²) in [5.41, 5.74) is 3.25.